The molecule has 1 aliphatic rings. The number of anilines is 2. The molecule has 3 aromatic carbocycles. The van der Waals surface area contributed by atoms with Crippen LogP contribution in [-0.2, 0) is 20.8 Å². The number of carbonyl (C=O) groups excluding carboxylic acids is 5. The summed E-state index contributed by atoms with van der Waals surface area (Å²) in [6, 6.07) is 19.2. The van der Waals surface area contributed by atoms with E-state index in [9.17, 15) is 28.4 Å². The molecule has 10 nitrogen and oxygen atoms in total. The van der Waals surface area contributed by atoms with Crippen LogP contribution >= 0.6 is 0 Å². The van der Waals surface area contributed by atoms with Gasteiger partial charge in [0.1, 0.15) is 5.82 Å². The molecule has 4 rings (SSSR count). The molecule has 0 bridgehead atoms. The van der Waals surface area contributed by atoms with E-state index in [0.29, 0.717) is 10.6 Å². The Labute approximate surface area is 210 Å². The number of hydrazone groups is 1. The highest BCUT2D eigenvalue weighted by atomic mass is 19.1. The van der Waals surface area contributed by atoms with E-state index in [2.05, 4.69) is 15.8 Å². The lowest BCUT2D eigenvalue weighted by Crippen LogP contribution is -2.59. The van der Waals surface area contributed by atoms with Crippen LogP contribution in [0.25, 0.3) is 0 Å². The van der Waals surface area contributed by atoms with E-state index in [0.717, 1.165) is 17.8 Å². The fourth-order valence-corrected chi connectivity index (χ4v) is 3.51. The zero-order valence-electron chi connectivity index (χ0n) is 19.2. The average molecular weight is 501 g/mol. The van der Waals surface area contributed by atoms with Crippen LogP contribution in [0.5, 0.6) is 0 Å². The van der Waals surface area contributed by atoms with Crippen LogP contribution in [0.15, 0.2) is 84.0 Å². The van der Waals surface area contributed by atoms with Crippen LogP contribution in [0.1, 0.15) is 15.9 Å². The number of imide groups is 2. The number of rotatable bonds is 7. The number of benzene rings is 3. The van der Waals surface area contributed by atoms with Crippen LogP contribution in [0.3, 0.4) is 0 Å². The van der Waals surface area contributed by atoms with Crippen LogP contribution in [0, 0.1) is 11.7 Å². The van der Waals surface area contributed by atoms with Gasteiger partial charge in [0.2, 0.25) is 11.8 Å². The van der Waals surface area contributed by atoms with Crippen molar-refractivity contribution in [2.75, 3.05) is 10.2 Å². The molecule has 37 heavy (non-hydrogen) atoms. The maximum atomic E-state index is 14.1. The van der Waals surface area contributed by atoms with Gasteiger partial charge in [-0.25, -0.2) is 19.5 Å². The van der Waals surface area contributed by atoms with Gasteiger partial charge in [0.25, 0.3) is 11.8 Å². The quantitative estimate of drug-likeness (QED) is 0.260. The Bertz CT molecular complexity index is 1390. The van der Waals surface area contributed by atoms with Gasteiger partial charge < -0.3 is 5.32 Å². The van der Waals surface area contributed by atoms with Crippen LogP contribution in [-0.4, -0.2) is 35.9 Å². The predicted octanol–water partition coefficient (Wildman–Crippen LogP) is 2.62. The molecule has 0 saturated carbocycles. The Morgan fingerprint density at radius 3 is 2.32 bits per heavy atom. The molecule has 1 heterocycles. The van der Waals surface area contributed by atoms with Gasteiger partial charge in [-0.05, 0) is 42.0 Å². The molecule has 0 aromatic heterocycles. The average Bonchev–Trinajstić information content (AvgIpc) is 2.88. The van der Waals surface area contributed by atoms with E-state index in [-0.39, 0.29) is 23.6 Å². The molecule has 0 aliphatic carbocycles. The highest BCUT2D eigenvalue weighted by Crippen LogP contribution is 2.23. The number of amides is 6. The predicted molar refractivity (Wildman–Crippen MR) is 132 cm³/mol. The normalized spacial score (nSPS) is 15.4. The Morgan fingerprint density at radius 1 is 0.946 bits per heavy atom. The number of hydrogen-bond donors (Lipinski definition) is 3. The van der Waals surface area contributed by atoms with Crippen LogP contribution < -0.4 is 21.0 Å². The molecule has 0 unspecified atom stereocenters. The number of barbiturate groups is 1. The van der Waals surface area contributed by atoms with Crippen molar-refractivity contribution < 1.29 is 28.4 Å². The van der Waals surface area contributed by atoms with Gasteiger partial charge in [0.05, 0.1) is 12.1 Å². The van der Waals surface area contributed by atoms with Gasteiger partial charge in [0.15, 0.2) is 5.92 Å². The first-order valence-corrected chi connectivity index (χ1v) is 11.0. The summed E-state index contributed by atoms with van der Waals surface area (Å²) in [7, 11) is 0. The lowest BCUT2D eigenvalue weighted by molar-refractivity contribution is -0.131. The van der Waals surface area contributed by atoms with Gasteiger partial charge in [-0.1, -0.05) is 42.5 Å². The third-order valence-electron chi connectivity index (χ3n) is 5.32. The SMILES string of the molecule is O=C(Cc1ccccc1)Nc1ccc(C(=O)N/N=C\[C@@H]2C(=O)NC(=O)N(c3ccccc3F)C2=O)cc1. The molecule has 11 heteroatoms. The maximum absolute atomic E-state index is 14.1. The number of para-hydroxylation sites is 1. The smallest absolute Gasteiger partial charge is 0.326 e. The Morgan fingerprint density at radius 2 is 1.62 bits per heavy atom. The number of halogens is 1. The molecular weight excluding hydrogens is 481 g/mol. The third kappa shape index (κ3) is 5.90. The minimum Gasteiger partial charge on any atom is -0.326 e. The minimum atomic E-state index is -1.57. The van der Waals surface area contributed by atoms with Crippen molar-refractivity contribution in [3.05, 3.63) is 95.8 Å². The first-order valence-electron chi connectivity index (χ1n) is 11.0. The highest BCUT2D eigenvalue weighted by Gasteiger charge is 2.41. The second-order valence-corrected chi connectivity index (χ2v) is 7.90. The number of nitrogens with zero attached hydrogens (tertiary/aromatic N) is 2. The van der Waals surface area contributed by atoms with Crippen molar-refractivity contribution >= 4 is 47.2 Å². The van der Waals surface area contributed by atoms with Crippen molar-refractivity contribution in [2.45, 2.75) is 6.42 Å². The monoisotopic (exact) mass is 501 g/mol. The summed E-state index contributed by atoms with van der Waals surface area (Å²) in [6.07, 6.45) is 1.05. The summed E-state index contributed by atoms with van der Waals surface area (Å²) in [4.78, 5) is 62.1. The first-order chi connectivity index (χ1) is 17.8. The summed E-state index contributed by atoms with van der Waals surface area (Å²) < 4.78 is 14.1. The lowest BCUT2D eigenvalue weighted by Gasteiger charge is -2.28. The topological polar surface area (TPSA) is 137 Å². The highest BCUT2D eigenvalue weighted by molar-refractivity contribution is 6.32. The molecule has 0 spiro atoms. The summed E-state index contributed by atoms with van der Waals surface area (Å²) in [6.45, 7) is 0. The van der Waals surface area contributed by atoms with E-state index in [1.807, 2.05) is 35.6 Å². The molecule has 1 saturated heterocycles. The molecule has 1 aliphatic heterocycles. The summed E-state index contributed by atoms with van der Waals surface area (Å²) >= 11 is 0. The molecule has 6 amide bonds. The number of hydrogen-bond acceptors (Lipinski definition) is 6. The van der Waals surface area contributed by atoms with E-state index in [1.54, 1.807) is 0 Å². The molecule has 0 radical (unpaired) electrons. The second-order valence-electron chi connectivity index (χ2n) is 7.90. The van der Waals surface area contributed by atoms with Crippen LogP contribution in [0.4, 0.5) is 20.6 Å². The molecule has 3 aromatic rings. The van der Waals surface area contributed by atoms with E-state index >= 15 is 0 Å². The Hall–Kier alpha value is -5.19. The standard InChI is InChI=1S/C26H20FN5O5/c27-20-8-4-5-9-21(20)32-25(36)19(24(35)30-26(32)37)15-28-31-23(34)17-10-12-18(13-11-17)29-22(33)14-16-6-2-1-3-7-16/h1-13,15,19H,14H2,(H,29,33)(H,31,34)(H,30,35,37)/b28-15-/t19-/m1/s1. The van der Waals surface area contributed by atoms with Gasteiger partial charge in [-0.3, -0.25) is 24.5 Å². The van der Waals surface area contributed by atoms with Crippen molar-refractivity contribution in [1.82, 2.24) is 10.7 Å². The zero-order valence-corrected chi connectivity index (χ0v) is 19.2. The van der Waals surface area contributed by atoms with Gasteiger partial charge in [-0.15, -0.1) is 0 Å². The number of urea groups is 1. The number of carbonyl (C=O) groups is 5. The molecular formula is C26H20FN5O5. The number of nitrogens with one attached hydrogen (secondary N) is 3. The molecule has 1 fully saturated rings. The molecule has 1 atom stereocenters. The fraction of sp³-hybridized carbons (Fsp3) is 0.0769. The second kappa shape index (κ2) is 11.0. The first kappa shape index (κ1) is 24.9. The molecule has 186 valence electrons. The van der Waals surface area contributed by atoms with Crippen molar-refractivity contribution in [2.24, 2.45) is 11.0 Å². The van der Waals surface area contributed by atoms with Crippen molar-refractivity contribution in [3.8, 4) is 0 Å². The van der Waals surface area contributed by atoms with E-state index in [1.165, 1.54) is 42.5 Å². The van der Waals surface area contributed by atoms with Gasteiger partial charge >= 0.3 is 6.03 Å². The van der Waals surface area contributed by atoms with Gasteiger partial charge in [0, 0.05) is 17.5 Å². The minimum absolute atomic E-state index is 0.195. The summed E-state index contributed by atoms with van der Waals surface area (Å²) in [5, 5.41) is 8.36. The van der Waals surface area contributed by atoms with E-state index in [4.69, 9.17) is 0 Å². The summed E-state index contributed by atoms with van der Waals surface area (Å²) in [5.41, 5.74) is 3.41. The fourth-order valence-electron chi connectivity index (χ4n) is 3.51. The Kier molecular flexibility index (Phi) is 7.43. The largest absolute Gasteiger partial charge is 0.335 e. The maximum Gasteiger partial charge on any atom is 0.335 e. The summed E-state index contributed by atoms with van der Waals surface area (Å²) in [5.74, 6) is -5.25. The molecule has 3 N–H and O–H groups in total. The van der Waals surface area contributed by atoms with Crippen molar-refractivity contribution in [1.29, 1.82) is 0 Å². The van der Waals surface area contributed by atoms with Crippen molar-refractivity contribution in [3.63, 3.8) is 0 Å². The van der Waals surface area contributed by atoms with E-state index < -0.39 is 35.5 Å². The van der Waals surface area contributed by atoms with Crippen LogP contribution in [0.2, 0.25) is 0 Å². The Balaban J connectivity index is 1.36. The van der Waals surface area contributed by atoms with Gasteiger partial charge in [-0.2, -0.15) is 5.10 Å². The zero-order chi connectivity index (χ0) is 26.4. The lowest BCUT2D eigenvalue weighted by atomic mass is 10.1. The third-order valence-corrected chi connectivity index (χ3v) is 5.32.